The van der Waals surface area contributed by atoms with E-state index in [-0.39, 0.29) is 0 Å². The van der Waals surface area contributed by atoms with E-state index >= 15 is 0 Å². The second kappa shape index (κ2) is 4.69. The summed E-state index contributed by atoms with van der Waals surface area (Å²) in [4.78, 5) is 0. The highest BCUT2D eigenvalue weighted by Gasteiger charge is 1.84. The van der Waals surface area contributed by atoms with Gasteiger partial charge in [-0.3, -0.25) is 0 Å². The van der Waals surface area contributed by atoms with Gasteiger partial charge in [0, 0.05) is 5.70 Å². The van der Waals surface area contributed by atoms with Crippen molar-refractivity contribution in [3.63, 3.8) is 0 Å². The summed E-state index contributed by atoms with van der Waals surface area (Å²) in [5.41, 5.74) is 6.54. The number of hydrogen-bond acceptors (Lipinski definition) is 1. The highest BCUT2D eigenvalue weighted by molar-refractivity contribution is 4.92. The van der Waals surface area contributed by atoms with Crippen LogP contribution in [0.1, 0.15) is 33.1 Å². The summed E-state index contributed by atoms with van der Waals surface area (Å²) >= 11 is 0. The Morgan fingerprint density at radius 1 is 1.62 bits per heavy atom. The molecule has 8 heavy (non-hydrogen) atoms. The van der Waals surface area contributed by atoms with Crippen LogP contribution in [0.2, 0.25) is 0 Å². The van der Waals surface area contributed by atoms with Crippen LogP contribution < -0.4 is 5.73 Å². The molecule has 0 fully saturated rings. The third kappa shape index (κ3) is 3.72. The maximum atomic E-state index is 5.52. The molecule has 0 saturated heterocycles. The first-order valence-corrected chi connectivity index (χ1v) is 3.22. The number of unbranched alkanes of at least 4 members (excludes halogenated alkanes) is 1. The minimum atomic E-state index is 1.02. The molecule has 1 heteroatoms. The molecule has 0 aliphatic carbocycles. The molecule has 0 heterocycles. The zero-order chi connectivity index (χ0) is 6.41. The molecule has 0 spiro atoms. The van der Waals surface area contributed by atoms with E-state index in [0.29, 0.717) is 0 Å². The number of nitrogens with two attached hydrogens (primary N) is 1. The molecule has 2 N–H and O–H groups in total. The summed E-state index contributed by atoms with van der Waals surface area (Å²) in [6, 6.07) is 0. The van der Waals surface area contributed by atoms with E-state index in [1.807, 2.05) is 13.0 Å². The third-order valence-electron chi connectivity index (χ3n) is 1.19. The van der Waals surface area contributed by atoms with Gasteiger partial charge in [-0.2, -0.15) is 0 Å². The van der Waals surface area contributed by atoms with Crippen molar-refractivity contribution >= 4 is 0 Å². The molecule has 0 bridgehead atoms. The molecule has 0 unspecified atom stereocenters. The molecule has 1 nitrogen and oxygen atoms in total. The molecule has 0 amide bonds. The van der Waals surface area contributed by atoms with Crippen molar-refractivity contribution < 1.29 is 0 Å². The van der Waals surface area contributed by atoms with Crippen molar-refractivity contribution in [3.05, 3.63) is 11.8 Å². The lowest BCUT2D eigenvalue weighted by molar-refractivity contribution is 0.780. The molecule has 0 rings (SSSR count). The first kappa shape index (κ1) is 7.54. The Bertz CT molecular complexity index is 74.5. The van der Waals surface area contributed by atoms with Crippen LogP contribution in [0.4, 0.5) is 0 Å². The molecule has 0 saturated carbocycles. The molecule has 0 aliphatic rings. The van der Waals surface area contributed by atoms with Crippen LogP contribution in [-0.2, 0) is 0 Å². The Kier molecular flexibility index (Phi) is 4.42. The fourth-order valence-electron chi connectivity index (χ4n) is 0.525. The highest BCUT2D eigenvalue weighted by Crippen LogP contribution is 1.99. The second-order valence-corrected chi connectivity index (χ2v) is 1.97. The van der Waals surface area contributed by atoms with Gasteiger partial charge < -0.3 is 5.73 Å². The van der Waals surface area contributed by atoms with Crippen LogP contribution in [0.5, 0.6) is 0 Å². The largest absolute Gasteiger partial charge is 0.402 e. The quantitative estimate of drug-likeness (QED) is 0.595. The monoisotopic (exact) mass is 113 g/mol. The van der Waals surface area contributed by atoms with Gasteiger partial charge in [-0.15, -0.1) is 0 Å². The minimum absolute atomic E-state index is 1.02. The average Bonchev–Trinajstić information content (AvgIpc) is 1.83. The van der Waals surface area contributed by atoms with Crippen molar-refractivity contribution in [2.24, 2.45) is 5.73 Å². The van der Waals surface area contributed by atoms with Gasteiger partial charge in [0.15, 0.2) is 0 Å². The lowest BCUT2D eigenvalue weighted by atomic mass is 10.2. The molecule has 0 atom stereocenters. The summed E-state index contributed by atoms with van der Waals surface area (Å²) in [5, 5.41) is 0. The second-order valence-electron chi connectivity index (χ2n) is 1.97. The number of allylic oxidation sites excluding steroid dienone is 2. The smallest absolute Gasteiger partial charge is 0.00371 e. The van der Waals surface area contributed by atoms with Crippen LogP contribution in [0, 0.1) is 0 Å². The first-order chi connectivity index (χ1) is 3.81. The topological polar surface area (TPSA) is 26.0 Å². The maximum Gasteiger partial charge on any atom is 0.00371 e. The number of rotatable bonds is 3. The first-order valence-electron chi connectivity index (χ1n) is 3.22. The Morgan fingerprint density at radius 3 is 2.62 bits per heavy atom. The predicted molar refractivity (Wildman–Crippen MR) is 37.5 cm³/mol. The van der Waals surface area contributed by atoms with E-state index in [9.17, 15) is 0 Å². The summed E-state index contributed by atoms with van der Waals surface area (Å²) in [6.07, 6.45) is 5.48. The SMILES string of the molecule is C/C=C(\N)CCCC. The summed E-state index contributed by atoms with van der Waals surface area (Å²) in [6.45, 7) is 4.15. The lowest BCUT2D eigenvalue weighted by Gasteiger charge is -1.95. The normalized spacial score (nSPS) is 12.0. The van der Waals surface area contributed by atoms with E-state index in [1.54, 1.807) is 0 Å². The predicted octanol–water partition coefficient (Wildman–Crippen LogP) is 2.04. The molecule has 48 valence electrons. The number of hydrogen-bond donors (Lipinski definition) is 1. The Labute approximate surface area is 51.6 Å². The van der Waals surface area contributed by atoms with Gasteiger partial charge in [0.05, 0.1) is 0 Å². The molecular formula is C7H15N. The van der Waals surface area contributed by atoms with Gasteiger partial charge in [0.2, 0.25) is 0 Å². The van der Waals surface area contributed by atoms with E-state index in [0.717, 1.165) is 12.1 Å². The lowest BCUT2D eigenvalue weighted by Crippen LogP contribution is -1.94. The van der Waals surface area contributed by atoms with E-state index in [4.69, 9.17) is 5.73 Å². The van der Waals surface area contributed by atoms with Crippen molar-refractivity contribution in [1.29, 1.82) is 0 Å². The maximum absolute atomic E-state index is 5.52. The van der Waals surface area contributed by atoms with Crippen LogP contribution in [0.25, 0.3) is 0 Å². The van der Waals surface area contributed by atoms with Crippen LogP contribution in [0.3, 0.4) is 0 Å². The van der Waals surface area contributed by atoms with Crippen LogP contribution in [0.15, 0.2) is 11.8 Å². The minimum Gasteiger partial charge on any atom is -0.402 e. The van der Waals surface area contributed by atoms with Gasteiger partial charge in [-0.1, -0.05) is 19.4 Å². The van der Waals surface area contributed by atoms with Gasteiger partial charge in [-0.05, 0) is 19.8 Å². The Morgan fingerprint density at radius 2 is 2.25 bits per heavy atom. The molecular weight excluding hydrogens is 98.1 g/mol. The summed E-state index contributed by atoms with van der Waals surface area (Å²) in [7, 11) is 0. The molecule has 0 aromatic heterocycles. The van der Waals surface area contributed by atoms with Crippen molar-refractivity contribution in [2.75, 3.05) is 0 Å². The summed E-state index contributed by atoms with van der Waals surface area (Å²) in [5.74, 6) is 0. The zero-order valence-corrected chi connectivity index (χ0v) is 5.78. The molecule has 0 aliphatic heterocycles. The van der Waals surface area contributed by atoms with Gasteiger partial charge in [-0.25, -0.2) is 0 Å². The van der Waals surface area contributed by atoms with Crippen molar-refractivity contribution in [2.45, 2.75) is 33.1 Å². The fraction of sp³-hybridized carbons (Fsp3) is 0.714. The Balaban J connectivity index is 3.12. The van der Waals surface area contributed by atoms with Gasteiger partial charge in [0.25, 0.3) is 0 Å². The van der Waals surface area contributed by atoms with E-state index in [2.05, 4.69) is 6.92 Å². The average molecular weight is 113 g/mol. The van der Waals surface area contributed by atoms with Crippen molar-refractivity contribution in [1.82, 2.24) is 0 Å². The van der Waals surface area contributed by atoms with Crippen LogP contribution >= 0.6 is 0 Å². The van der Waals surface area contributed by atoms with Crippen molar-refractivity contribution in [3.8, 4) is 0 Å². The molecule has 0 aromatic carbocycles. The third-order valence-corrected chi connectivity index (χ3v) is 1.19. The standard InChI is InChI=1S/C7H15N/c1-3-5-6-7(8)4-2/h4H,3,5-6,8H2,1-2H3/b7-4-. The fourth-order valence-corrected chi connectivity index (χ4v) is 0.525. The van der Waals surface area contributed by atoms with Gasteiger partial charge in [0.1, 0.15) is 0 Å². The van der Waals surface area contributed by atoms with E-state index < -0.39 is 0 Å². The Hall–Kier alpha value is -0.460. The van der Waals surface area contributed by atoms with Crippen LogP contribution in [-0.4, -0.2) is 0 Å². The molecule has 0 radical (unpaired) electrons. The molecule has 0 aromatic rings. The van der Waals surface area contributed by atoms with Gasteiger partial charge >= 0.3 is 0 Å². The summed E-state index contributed by atoms with van der Waals surface area (Å²) < 4.78 is 0. The van der Waals surface area contributed by atoms with E-state index in [1.165, 1.54) is 12.8 Å². The highest BCUT2D eigenvalue weighted by atomic mass is 14.6. The zero-order valence-electron chi connectivity index (χ0n) is 5.78.